The second-order valence-corrected chi connectivity index (χ2v) is 18.2. The number of hydrogen-bond donors (Lipinski definition) is 0. The number of nitrogens with zero attached hydrogens (tertiary/aromatic N) is 1. The molecule has 2 aliphatic rings. The number of hydrogen-bond acceptors (Lipinski definition) is 4. The van der Waals surface area contributed by atoms with Crippen LogP contribution in [0.4, 0.5) is 17.1 Å². The van der Waals surface area contributed by atoms with E-state index in [1.807, 2.05) is 17.4 Å². The van der Waals surface area contributed by atoms with Gasteiger partial charge in [-0.05, 0) is 88.0 Å². The lowest BCUT2D eigenvalue weighted by Gasteiger charge is -2.41. The number of para-hydroxylation sites is 2. The SMILES string of the molecule is c1ccc(-c2c(N(c3ccc4sc5ccccc5c4c3)c3cc(-c4ccccc4)c4oc5ccccc5c4c3)ccc3c2Oc2ccccc2C32c3ccccc3-c3ccccc32)cc1. The van der Waals surface area contributed by atoms with Gasteiger partial charge in [0.25, 0.3) is 0 Å². The molecule has 4 heteroatoms. The first kappa shape index (κ1) is 36.3. The molecule has 2 aromatic heterocycles. The van der Waals surface area contributed by atoms with E-state index in [2.05, 4.69) is 223 Å². The molecule has 0 N–H and O–H groups in total. The van der Waals surface area contributed by atoms with Crippen molar-refractivity contribution in [2.24, 2.45) is 0 Å². The molecule has 1 aliphatic carbocycles. The van der Waals surface area contributed by atoms with Crippen LogP contribution < -0.4 is 9.64 Å². The molecule has 10 aromatic carbocycles. The number of thiophene rings is 1. The number of rotatable bonds is 5. The van der Waals surface area contributed by atoms with Crippen LogP contribution in [0.3, 0.4) is 0 Å². The third-order valence-electron chi connectivity index (χ3n) is 13.7. The molecular weight excluding hydrogens is 811 g/mol. The minimum Gasteiger partial charge on any atom is -0.456 e. The Morgan fingerprint density at radius 1 is 0.400 bits per heavy atom. The zero-order valence-electron chi connectivity index (χ0n) is 35.0. The molecule has 304 valence electrons. The van der Waals surface area contributed by atoms with Crippen LogP contribution in [0.1, 0.15) is 22.3 Å². The summed E-state index contributed by atoms with van der Waals surface area (Å²) in [5.74, 6) is 1.71. The van der Waals surface area contributed by atoms with Crippen molar-refractivity contribution in [3.05, 3.63) is 247 Å². The number of furan rings is 1. The molecule has 14 rings (SSSR count). The van der Waals surface area contributed by atoms with E-state index < -0.39 is 5.41 Å². The van der Waals surface area contributed by atoms with Crippen LogP contribution in [0.25, 0.3) is 75.5 Å². The number of anilines is 3. The van der Waals surface area contributed by atoms with Gasteiger partial charge in [0.2, 0.25) is 0 Å². The molecular formula is C61H37NO2S. The van der Waals surface area contributed by atoms with Crippen LogP contribution in [0, 0.1) is 0 Å². The Kier molecular flexibility index (Phi) is 7.77. The molecule has 0 saturated heterocycles. The molecule has 0 amide bonds. The largest absolute Gasteiger partial charge is 0.456 e. The van der Waals surface area contributed by atoms with Crippen LogP contribution in [0.15, 0.2) is 229 Å². The van der Waals surface area contributed by atoms with Gasteiger partial charge in [0.1, 0.15) is 22.7 Å². The zero-order chi connectivity index (χ0) is 42.6. The number of fused-ring (bicyclic) bond motifs is 15. The predicted molar refractivity (Wildman–Crippen MR) is 270 cm³/mol. The van der Waals surface area contributed by atoms with Gasteiger partial charge in [-0.25, -0.2) is 0 Å². The molecule has 65 heavy (non-hydrogen) atoms. The van der Waals surface area contributed by atoms with Gasteiger partial charge in [0.15, 0.2) is 0 Å². The Morgan fingerprint density at radius 3 is 1.80 bits per heavy atom. The topological polar surface area (TPSA) is 25.6 Å². The lowest BCUT2D eigenvalue weighted by atomic mass is 9.65. The van der Waals surface area contributed by atoms with Gasteiger partial charge in [0, 0.05) is 64.6 Å². The van der Waals surface area contributed by atoms with Gasteiger partial charge in [-0.2, -0.15) is 0 Å². The van der Waals surface area contributed by atoms with Crippen molar-refractivity contribution in [1.82, 2.24) is 0 Å². The average molecular weight is 848 g/mol. The molecule has 3 nitrogen and oxygen atoms in total. The Labute approximate surface area is 379 Å². The summed E-state index contributed by atoms with van der Waals surface area (Å²) < 4.78 is 16.7. The van der Waals surface area contributed by atoms with Crippen molar-refractivity contribution in [1.29, 1.82) is 0 Å². The molecule has 3 heterocycles. The lowest BCUT2D eigenvalue weighted by Crippen LogP contribution is -2.32. The van der Waals surface area contributed by atoms with Gasteiger partial charge < -0.3 is 14.1 Å². The maximum absolute atomic E-state index is 7.43. The highest BCUT2D eigenvalue weighted by Gasteiger charge is 2.51. The van der Waals surface area contributed by atoms with Crippen LogP contribution in [0.5, 0.6) is 11.5 Å². The monoisotopic (exact) mass is 847 g/mol. The van der Waals surface area contributed by atoms with Crippen molar-refractivity contribution in [2.75, 3.05) is 4.90 Å². The third kappa shape index (κ3) is 5.17. The first-order valence-corrected chi connectivity index (χ1v) is 23.0. The number of ether oxygens (including phenoxy) is 1. The van der Waals surface area contributed by atoms with Crippen molar-refractivity contribution in [3.8, 4) is 44.9 Å². The maximum Gasteiger partial charge on any atom is 0.143 e. The molecule has 1 aliphatic heterocycles. The van der Waals surface area contributed by atoms with E-state index in [0.29, 0.717) is 0 Å². The summed E-state index contributed by atoms with van der Waals surface area (Å²) in [4.78, 5) is 2.45. The van der Waals surface area contributed by atoms with E-state index in [1.54, 1.807) is 0 Å². The Morgan fingerprint density at radius 2 is 1.02 bits per heavy atom. The predicted octanol–water partition coefficient (Wildman–Crippen LogP) is 17.2. The van der Waals surface area contributed by atoms with Gasteiger partial charge in [0.05, 0.1) is 11.1 Å². The first-order chi connectivity index (χ1) is 32.2. The number of benzene rings is 10. The average Bonchev–Trinajstić information content (AvgIpc) is 4.03. The molecule has 0 bridgehead atoms. The summed E-state index contributed by atoms with van der Waals surface area (Å²) in [5.41, 5.74) is 15.7. The first-order valence-electron chi connectivity index (χ1n) is 22.2. The van der Waals surface area contributed by atoms with E-state index in [1.165, 1.54) is 42.4 Å². The molecule has 0 atom stereocenters. The Hall–Kier alpha value is -8.18. The van der Waals surface area contributed by atoms with Crippen LogP contribution in [-0.4, -0.2) is 0 Å². The maximum atomic E-state index is 7.43. The standard InChI is InChI=1S/C61H37NO2S/c1-3-17-38(18-4-1)46-36-41(37-48-44-23-9-14-28-54(44)63-59(46)48)62(40-31-34-57-47(35-40)45-24-10-16-30-56(45)65-57)53-33-32-52-60(58(53)39-19-5-2-6-20-39)64-55-29-15-13-27-51(55)61(52)49-25-11-7-21-42(49)43-22-8-12-26-50(43)61/h1-37H. The summed E-state index contributed by atoms with van der Waals surface area (Å²) in [7, 11) is 0. The Balaban J connectivity index is 1.12. The smallest absolute Gasteiger partial charge is 0.143 e. The van der Waals surface area contributed by atoms with Crippen LogP contribution >= 0.6 is 11.3 Å². The van der Waals surface area contributed by atoms with E-state index in [-0.39, 0.29) is 0 Å². The molecule has 1 spiro atoms. The van der Waals surface area contributed by atoms with Gasteiger partial charge in [-0.1, -0.05) is 170 Å². The fraction of sp³-hybridized carbons (Fsp3) is 0.0164. The molecule has 0 radical (unpaired) electrons. The second kappa shape index (κ2) is 13.9. The van der Waals surface area contributed by atoms with Crippen LogP contribution in [0.2, 0.25) is 0 Å². The van der Waals surface area contributed by atoms with E-state index in [9.17, 15) is 0 Å². The van der Waals surface area contributed by atoms with Crippen molar-refractivity contribution >= 4 is 70.5 Å². The summed E-state index contributed by atoms with van der Waals surface area (Å²) in [5, 5.41) is 4.62. The van der Waals surface area contributed by atoms with Gasteiger partial charge in [-0.3, -0.25) is 0 Å². The highest BCUT2D eigenvalue weighted by atomic mass is 32.1. The highest BCUT2D eigenvalue weighted by molar-refractivity contribution is 7.25. The lowest BCUT2D eigenvalue weighted by molar-refractivity contribution is 0.438. The Bertz CT molecular complexity index is 3840. The van der Waals surface area contributed by atoms with Gasteiger partial charge in [-0.15, -0.1) is 11.3 Å². The summed E-state index contributed by atoms with van der Waals surface area (Å²) in [6, 6.07) is 81.4. The van der Waals surface area contributed by atoms with Crippen LogP contribution in [-0.2, 0) is 5.41 Å². The van der Waals surface area contributed by atoms with E-state index in [4.69, 9.17) is 9.15 Å². The fourth-order valence-corrected chi connectivity index (χ4v) is 12.1. The summed E-state index contributed by atoms with van der Waals surface area (Å²) >= 11 is 1.84. The molecule has 0 unspecified atom stereocenters. The van der Waals surface area contributed by atoms with Gasteiger partial charge >= 0.3 is 0 Å². The quantitative estimate of drug-likeness (QED) is 0.173. The fourth-order valence-electron chi connectivity index (χ4n) is 11.0. The molecule has 0 saturated carbocycles. The van der Waals surface area contributed by atoms with E-state index >= 15 is 0 Å². The normalized spacial score (nSPS) is 13.2. The minimum absolute atomic E-state index is 0.617. The molecule has 12 aromatic rings. The third-order valence-corrected chi connectivity index (χ3v) is 14.9. The second-order valence-electron chi connectivity index (χ2n) is 17.1. The minimum atomic E-state index is -0.617. The van der Waals surface area contributed by atoms with E-state index in [0.717, 1.165) is 83.9 Å². The highest BCUT2D eigenvalue weighted by Crippen LogP contribution is 2.64. The van der Waals surface area contributed by atoms with Crippen molar-refractivity contribution < 1.29 is 9.15 Å². The summed E-state index contributed by atoms with van der Waals surface area (Å²) in [6.07, 6.45) is 0. The summed E-state index contributed by atoms with van der Waals surface area (Å²) in [6.45, 7) is 0. The van der Waals surface area contributed by atoms with Crippen molar-refractivity contribution in [3.63, 3.8) is 0 Å². The zero-order valence-corrected chi connectivity index (χ0v) is 35.9. The molecule has 0 fully saturated rings. The van der Waals surface area contributed by atoms with Crippen molar-refractivity contribution in [2.45, 2.75) is 5.41 Å².